The van der Waals surface area contributed by atoms with Crippen molar-refractivity contribution in [3.63, 3.8) is 0 Å². The summed E-state index contributed by atoms with van der Waals surface area (Å²) in [6, 6.07) is 12.1. The number of anilines is 1. The molecule has 2 amide bonds. The minimum atomic E-state index is -4.01. The van der Waals surface area contributed by atoms with E-state index in [0.29, 0.717) is 37.4 Å². The Morgan fingerprint density at radius 2 is 1.81 bits per heavy atom. The monoisotopic (exact) mass is 448 g/mol. The van der Waals surface area contributed by atoms with Crippen LogP contribution in [0.5, 0.6) is 5.75 Å². The van der Waals surface area contributed by atoms with Gasteiger partial charge in [-0.1, -0.05) is 24.3 Å². The number of nitro benzene ring substituents is 1. The summed E-state index contributed by atoms with van der Waals surface area (Å²) in [5.74, 6) is 0.586. The van der Waals surface area contributed by atoms with Gasteiger partial charge in [0.15, 0.2) is 4.90 Å². The summed E-state index contributed by atoms with van der Waals surface area (Å²) >= 11 is 0. The van der Waals surface area contributed by atoms with Gasteiger partial charge in [0.05, 0.1) is 17.7 Å². The van der Waals surface area contributed by atoms with Gasteiger partial charge in [0.25, 0.3) is 5.69 Å². The highest BCUT2D eigenvalue weighted by Gasteiger charge is 2.28. The van der Waals surface area contributed by atoms with E-state index in [1.165, 1.54) is 25.3 Å². The maximum atomic E-state index is 12.5. The fourth-order valence-corrected chi connectivity index (χ4v) is 4.71. The summed E-state index contributed by atoms with van der Waals surface area (Å²) in [5.41, 5.74) is 0.118. The van der Waals surface area contributed by atoms with Crippen molar-refractivity contribution in [3.8, 4) is 5.75 Å². The van der Waals surface area contributed by atoms with E-state index in [4.69, 9.17) is 4.74 Å². The van der Waals surface area contributed by atoms with Crippen LogP contribution in [0.15, 0.2) is 53.4 Å². The average molecular weight is 449 g/mol. The van der Waals surface area contributed by atoms with Crippen molar-refractivity contribution in [2.75, 3.05) is 32.1 Å². The Labute approximate surface area is 180 Å². The first-order valence-corrected chi connectivity index (χ1v) is 11.2. The number of carbonyl (C=O) groups is 1. The van der Waals surface area contributed by atoms with E-state index >= 15 is 0 Å². The van der Waals surface area contributed by atoms with E-state index in [9.17, 15) is 23.3 Å². The smallest absolute Gasteiger partial charge is 0.321 e. The Morgan fingerprint density at radius 3 is 2.48 bits per heavy atom. The molecule has 0 unspecified atom stereocenters. The van der Waals surface area contributed by atoms with Gasteiger partial charge in [-0.3, -0.25) is 10.1 Å². The molecule has 0 saturated carbocycles. The molecule has 10 nitrogen and oxygen atoms in total. The molecule has 0 atom stereocenters. The van der Waals surface area contributed by atoms with Gasteiger partial charge in [-0.05, 0) is 37.0 Å². The molecule has 166 valence electrons. The average Bonchev–Trinajstić information content (AvgIpc) is 2.78. The lowest BCUT2D eigenvalue weighted by molar-refractivity contribution is -0.387. The lowest BCUT2D eigenvalue weighted by Crippen LogP contribution is -2.43. The lowest BCUT2D eigenvalue weighted by Gasteiger charge is -2.32. The number of amides is 2. The quantitative estimate of drug-likeness (QED) is 0.495. The summed E-state index contributed by atoms with van der Waals surface area (Å²) in [6.07, 6.45) is 1.22. The number of urea groups is 1. The van der Waals surface area contributed by atoms with Gasteiger partial charge in [-0.25, -0.2) is 17.9 Å². The number of hydrogen-bond acceptors (Lipinski definition) is 6. The lowest BCUT2D eigenvalue weighted by atomic mass is 9.97. The van der Waals surface area contributed by atoms with E-state index < -0.39 is 20.6 Å². The van der Waals surface area contributed by atoms with Crippen molar-refractivity contribution < 1.29 is 22.9 Å². The summed E-state index contributed by atoms with van der Waals surface area (Å²) in [7, 11) is -2.48. The molecular weight excluding hydrogens is 424 g/mol. The molecule has 1 heterocycles. The zero-order valence-electron chi connectivity index (χ0n) is 17.0. The largest absolute Gasteiger partial charge is 0.495 e. The number of carbonyl (C=O) groups excluding carboxylic acids is 1. The number of likely N-dealkylation sites (tertiary alicyclic amines) is 1. The summed E-state index contributed by atoms with van der Waals surface area (Å²) in [6.45, 7) is 1.09. The second kappa shape index (κ2) is 9.75. The third kappa shape index (κ3) is 5.50. The second-order valence-corrected chi connectivity index (χ2v) is 8.87. The van der Waals surface area contributed by atoms with Crippen LogP contribution in [-0.2, 0) is 10.0 Å². The van der Waals surface area contributed by atoms with Crippen LogP contribution in [0, 0.1) is 16.0 Å². The molecule has 3 rings (SSSR count). The van der Waals surface area contributed by atoms with Gasteiger partial charge < -0.3 is 15.0 Å². The number of nitrogens with zero attached hydrogens (tertiary/aromatic N) is 2. The molecular formula is C20H24N4O6S. The molecule has 1 fully saturated rings. The number of nitrogens with one attached hydrogen (secondary N) is 2. The maximum absolute atomic E-state index is 12.5. The van der Waals surface area contributed by atoms with Crippen LogP contribution in [0.3, 0.4) is 0 Å². The Bertz CT molecular complexity index is 1050. The number of rotatable bonds is 7. The van der Waals surface area contributed by atoms with Crippen molar-refractivity contribution in [2.24, 2.45) is 5.92 Å². The van der Waals surface area contributed by atoms with E-state index in [1.807, 2.05) is 6.07 Å². The summed E-state index contributed by atoms with van der Waals surface area (Å²) in [5, 5.41) is 13.9. The van der Waals surface area contributed by atoms with Crippen LogP contribution in [-0.4, -0.2) is 51.0 Å². The number of para-hydroxylation sites is 3. The molecule has 1 saturated heterocycles. The zero-order valence-corrected chi connectivity index (χ0v) is 17.8. The highest BCUT2D eigenvalue weighted by molar-refractivity contribution is 7.89. The minimum absolute atomic E-state index is 0.0212. The van der Waals surface area contributed by atoms with Gasteiger partial charge in [0.1, 0.15) is 5.75 Å². The van der Waals surface area contributed by atoms with E-state index in [2.05, 4.69) is 10.0 Å². The topological polar surface area (TPSA) is 131 Å². The van der Waals surface area contributed by atoms with Crippen molar-refractivity contribution >= 4 is 27.4 Å². The first-order chi connectivity index (χ1) is 14.8. The number of methoxy groups -OCH3 is 1. The molecule has 0 bridgehead atoms. The predicted octanol–water partition coefficient (Wildman–Crippen LogP) is 2.83. The van der Waals surface area contributed by atoms with Crippen molar-refractivity contribution in [1.82, 2.24) is 9.62 Å². The number of ether oxygens (including phenoxy) is 1. The van der Waals surface area contributed by atoms with Gasteiger partial charge in [-0.2, -0.15) is 0 Å². The molecule has 2 aromatic carbocycles. The highest BCUT2D eigenvalue weighted by atomic mass is 32.2. The van der Waals surface area contributed by atoms with Gasteiger partial charge >= 0.3 is 6.03 Å². The fourth-order valence-electron chi connectivity index (χ4n) is 3.42. The second-order valence-electron chi connectivity index (χ2n) is 7.14. The third-order valence-electron chi connectivity index (χ3n) is 5.16. The van der Waals surface area contributed by atoms with Crippen LogP contribution >= 0.6 is 0 Å². The molecule has 0 aromatic heterocycles. The fraction of sp³-hybridized carbons (Fsp3) is 0.350. The minimum Gasteiger partial charge on any atom is -0.495 e. The molecule has 2 N–H and O–H groups in total. The summed E-state index contributed by atoms with van der Waals surface area (Å²) in [4.78, 5) is 24.2. The van der Waals surface area contributed by atoms with E-state index in [0.717, 1.165) is 6.07 Å². The summed E-state index contributed by atoms with van der Waals surface area (Å²) < 4.78 is 32.8. The van der Waals surface area contributed by atoms with Crippen LogP contribution in [0.4, 0.5) is 16.2 Å². The van der Waals surface area contributed by atoms with Crippen LogP contribution in [0.2, 0.25) is 0 Å². The number of benzene rings is 2. The Morgan fingerprint density at radius 1 is 1.16 bits per heavy atom. The first-order valence-electron chi connectivity index (χ1n) is 9.74. The zero-order chi connectivity index (χ0) is 22.4. The van der Waals surface area contributed by atoms with E-state index in [1.54, 1.807) is 23.1 Å². The van der Waals surface area contributed by atoms with Gasteiger partial charge in [0.2, 0.25) is 10.0 Å². The Balaban J connectivity index is 1.53. The van der Waals surface area contributed by atoms with Crippen LogP contribution in [0.25, 0.3) is 0 Å². The van der Waals surface area contributed by atoms with Gasteiger partial charge in [-0.15, -0.1) is 0 Å². The van der Waals surface area contributed by atoms with Crippen molar-refractivity contribution in [2.45, 2.75) is 17.7 Å². The molecule has 2 aromatic rings. The first kappa shape index (κ1) is 22.5. The predicted molar refractivity (Wildman–Crippen MR) is 115 cm³/mol. The maximum Gasteiger partial charge on any atom is 0.321 e. The molecule has 0 radical (unpaired) electrons. The Hall–Kier alpha value is -3.18. The number of hydrogen-bond donors (Lipinski definition) is 2. The molecule has 1 aliphatic rings. The van der Waals surface area contributed by atoms with Crippen molar-refractivity contribution in [3.05, 3.63) is 58.6 Å². The normalized spacial score (nSPS) is 14.8. The van der Waals surface area contributed by atoms with Crippen molar-refractivity contribution in [1.29, 1.82) is 0 Å². The SMILES string of the molecule is COc1ccccc1NC(=O)N1CCC(CNS(=O)(=O)c2ccccc2[N+](=O)[O-])CC1. The molecule has 11 heteroatoms. The van der Waals surface area contributed by atoms with Gasteiger partial charge in [0, 0.05) is 25.7 Å². The molecule has 31 heavy (non-hydrogen) atoms. The number of piperidine rings is 1. The number of sulfonamides is 1. The molecule has 1 aliphatic heterocycles. The number of nitro groups is 1. The highest BCUT2D eigenvalue weighted by Crippen LogP contribution is 2.26. The molecule has 0 spiro atoms. The molecule has 0 aliphatic carbocycles. The van der Waals surface area contributed by atoms with Crippen LogP contribution in [0.1, 0.15) is 12.8 Å². The third-order valence-corrected chi connectivity index (χ3v) is 6.63. The Kier molecular flexibility index (Phi) is 7.08. The van der Waals surface area contributed by atoms with Crippen LogP contribution < -0.4 is 14.8 Å². The van der Waals surface area contributed by atoms with E-state index in [-0.39, 0.29) is 23.4 Å². The standard InChI is InChI=1S/C20H24N4O6S/c1-30-18-8-4-2-6-16(18)22-20(25)23-12-10-15(11-13-23)14-21-31(28,29)19-9-5-3-7-17(19)24(26)27/h2-9,15,21H,10-14H2,1H3,(H,22,25).